The molecule has 4 heterocycles. The van der Waals surface area contributed by atoms with Crippen LogP contribution >= 0.6 is 0 Å². The molecule has 1 N–H and O–H groups in total. The number of hydrogen-bond donors (Lipinski definition) is 1. The van der Waals surface area contributed by atoms with Crippen molar-refractivity contribution in [3.63, 3.8) is 0 Å². The fraction of sp³-hybridized carbons (Fsp3) is 0.389. The van der Waals surface area contributed by atoms with Gasteiger partial charge < -0.3 is 5.32 Å². The summed E-state index contributed by atoms with van der Waals surface area (Å²) in [4.78, 5) is 8.74. The van der Waals surface area contributed by atoms with Crippen molar-refractivity contribution < 1.29 is 8.42 Å². The number of nitriles is 1. The van der Waals surface area contributed by atoms with E-state index in [1.54, 1.807) is 47.1 Å². The Bertz CT molecular complexity index is 1200. The Kier molecular flexibility index (Phi) is 5.00. The first-order valence-electron chi connectivity index (χ1n) is 9.34. The van der Waals surface area contributed by atoms with Gasteiger partial charge in [0.2, 0.25) is 16.0 Å². The van der Waals surface area contributed by atoms with E-state index in [1.807, 2.05) is 13.2 Å². The van der Waals surface area contributed by atoms with Gasteiger partial charge in [0.1, 0.15) is 5.54 Å². The summed E-state index contributed by atoms with van der Waals surface area (Å²) >= 11 is 0. The quantitative estimate of drug-likeness (QED) is 0.592. The van der Waals surface area contributed by atoms with Gasteiger partial charge >= 0.3 is 0 Å². The van der Waals surface area contributed by atoms with Crippen molar-refractivity contribution in [1.82, 2.24) is 33.8 Å². The number of aryl methyl sites for hydroxylation is 1. The molecule has 156 valence electrons. The lowest BCUT2D eigenvalue weighted by atomic mass is 9.89. The summed E-state index contributed by atoms with van der Waals surface area (Å²) in [7, 11) is -1.47. The Hall–Kier alpha value is -3.30. The third kappa shape index (κ3) is 3.64. The van der Waals surface area contributed by atoms with Gasteiger partial charge in [0.05, 0.1) is 42.0 Å². The monoisotopic (exact) mass is 427 g/mol. The number of anilines is 2. The van der Waals surface area contributed by atoms with E-state index in [-0.39, 0.29) is 25.3 Å². The SMILES string of the molecule is CCS(=O)(=O)N1CC(CC#N)(n2cc(-c3ccnc(Nc4cnn(C)c4)n3)cn2)C1. The normalized spacial score (nSPS) is 16.0. The number of aromatic nitrogens is 6. The van der Waals surface area contributed by atoms with Gasteiger partial charge in [-0.05, 0) is 13.0 Å². The second-order valence-electron chi connectivity index (χ2n) is 7.19. The van der Waals surface area contributed by atoms with Crippen LogP contribution in [0.3, 0.4) is 0 Å². The molecule has 12 heteroatoms. The highest BCUT2D eigenvalue weighted by molar-refractivity contribution is 7.89. The maximum atomic E-state index is 12.1. The zero-order valence-electron chi connectivity index (χ0n) is 16.6. The molecule has 0 aliphatic carbocycles. The van der Waals surface area contributed by atoms with Gasteiger partial charge in [0.15, 0.2) is 0 Å². The third-order valence-electron chi connectivity index (χ3n) is 5.09. The van der Waals surface area contributed by atoms with Gasteiger partial charge in [-0.25, -0.2) is 18.4 Å². The molecule has 4 rings (SSSR count). The minimum Gasteiger partial charge on any atom is -0.321 e. The molecule has 30 heavy (non-hydrogen) atoms. The molecule has 0 amide bonds. The molecule has 3 aromatic heterocycles. The Morgan fingerprint density at radius 2 is 2.07 bits per heavy atom. The lowest BCUT2D eigenvalue weighted by molar-refractivity contribution is 0.0719. The molecule has 1 saturated heterocycles. The van der Waals surface area contributed by atoms with Crippen molar-refractivity contribution in [2.24, 2.45) is 7.05 Å². The maximum absolute atomic E-state index is 12.1. The second kappa shape index (κ2) is 7.51. The molecule has 0 bridgehead atoms. The van der Waals surface area contributed by atoms with Crippen LogP contribution in [0.15, 0.2) is 37.1 Å². The van der Waals surface area contributed by atoms with E-state index in [1.165, 1.54) is 4.31 Å². The van der Waals surface area contributed by atoms with E-state index < -0.39 is 15.6 Å². The summed E-state index contributed by atoms with van der Waals surface area (Å²) in [5.41, 5.74) is 1.51. The molecule has 11 nitrogen and oxygen atoms in total. The van der Waals surface area contributed by atoms with E-state index in [9.17, 15) is 13.7 Å². The fourth-order valence-electron chi connectivity index (χ4n) is 3.38. The second-order valence-corrected chi connectivity index (χ2v) is 9.45. The molecule has 3 aromatic rings. The van der Waals surface area contributed by atoms with E-state index in [0.717, 1.165) is 11.3 Å². The van der Waals surface area contributed by atoms with Gasteiger partial charge in [-0.1, -0.05) is 0 Å². The molecule has 1 aliphatic rings. The summed E-state index contributed by atoms with van der Waals surface area (Å²) in [5.74, 6) is 0.456. The molecule has 0 atom stereocenters. The van der Waals surface area contributed by atoms with Crippen molar-refractivity contribution in [2.45, 2.75) is 18.9 Å². The zero-order chi connectivity index (χ0) is 21.4. The predicted octanol–water partition coefficient (Wildman–Crippen LogP) is 1.09. The Labute approximate surface area is 174 Å². The van der Waals surface area contributed by atoms with Gasteiger partial charge in [-0.15, -0.1) is 0 Å². The van der Waals surface area contributed by atoms with Gasteiger partial charge in [-0.3, -0.25) is 9.36 Å². The molecular formula is C18H21N9O2S. The minimum absolute atomic E-state index is 0.0354. The Morgan fingerprint density at radius 1 is 1.27 bits per heavy atom. The van der Waals surface area contributed by atoms with Crippen LogP contribution in [0.2, 0.25) is 0 Å². The number of rotatable bonds is 7. The van der Waals surface area contributed by atoms with Crippen LogP contribution in [0.25, 0.3) is 11.3 Å². The largest absolute Gasteiger partial charge is 0.321 e. The van der Waals surface area contributed by atoms with Crippen LogP contribution < -0.4 is 5.32 Å². The molecule has 0 saturated carbocycles. The van der Waals surface area contributed by atoms with Crippen LogP contribution in [-0.2, 0) is 22.6 Å². The Morgan fingerprint density at radius 3 is 2.73 bits per heavy atom. The first-order chi connectivity index (χ1) is 14.3. The van der Waals surface area contributed by atoms with Crippen molar-refractivity contribution in [1.29, 1.82) is 5.26 Å². The van der Waals surface area contributed by atoms with Crippen LogP contribution in [0.4, 0.5) is 11.6 Å². The van der Waals surface area contributed by atoms with Crippen LogP contribution in [0.5, 0.6) is 0 Å². The first kappa shape index (κ1) is 20.0. The van der Waals surface area contributed by atoms with E-state index in [0.29, 0.717) is 11.6 Å². The van der Waals surface area contributed by atoms with Crippen LogP contribution in [0.1, 0.15) is 13.3 Å². The average molecular weight is 427 g/mol. The highest BCUT2D eigenvalue weighted by atomic mass is 32.2. The third-order valence-corrected chi connectivity index (χ3v) is 6.86. The average Bonchev–Trinajstić information content (AvgIpc) is 3.34. The van der Waals surface area contributed by atoms with E-state index >= 15 is 0 Å². The van der Waals surface area contributed by atoms with Crippen LogP contribution in [0, 0.1) is 11.3 Å². The summed E-state index contributed by atoms with van der Waals surface area (Å²) in [5, 5.41) is 20.9. The van der Waals surface area contributed by atoms with Crippen molar-refractivity contribution in [3.8, 4) is 17.3 Å². The molecule has 0 spiro atoms. The number of hydrogen-bond acceptors (Lipinski definition) is 8. The van der Waals surface area contributed by atoms with Crippen molar-refractivity contribution in [2.75, 3.05) is 24.2 Å². The zero-order valence-corrected chi connectivity index (χ0v) is 17.4. The predicted molar refractivity (Wildman–Crippen MR) is 109 cm³/mol. The van der Waals surface area contributed by atoms with E-state index in [2.05, 4.69) is 31.6 Å². The highest BCUT2D eigenvalue weighted by Crippen LogP contribution is 2.35. The minimum atomic E-state index is -3.29. The molecule has 0 unspecified atom stereocenters. The molecular weight excluding hydrogens is 406 g/mol. The lowest BCUT2D eigenvalue weighted by Gasteiger charge is -2.47. The smallest absolute Gasteiger partial charge is 0.227 e. The van der Waals surface area contributed by atoms with Gasteiger partial charge in [0, 0.05) is 44.3 Å². The van der Waals surface area contributed by atoms with E-state index in [4.69, 9.17) is 0 Å². The first-order valence-corrected chi connectivity index (χ1v) is 11.0. The summed E-state index contributed by atoms with van der Waals surface area (Å²) in [6.45, 7) is 2.07. The summed E-state index contributed by atoms with van der Waals surface area (Å²) < 4.78 is 29.0. The molecule has 1 aliphatic heterocycles. The summed E-state index contributed by atoms with van der Waals surface area (Å²) in [6.07, 6.45) is 8.75. The number of sulfonamides is 1. The standard InChI is InChI=1S/C18H21N9O2S/c1-3-30(28,29)26-12-18(13-26,5-6-19)27-10-14(8-22-27)16-4-7-20-17(24-16)23-15-9-21-25(2)11-15/h4,7-11H,3,5,12-13H2,1-2H3,(H,20,23,24). The van der Waals surface area contributed by atoms with Crippen molar-refractivity contribution in [3.05, 3.63) is 37.1 Å². The maximum Gasteiger partial charge on any atom is 0.227 e. The summed E-state index contributed by atoms with van der Waals surface area (Å²) in [6, 6.07) is 3.93. The molecule has 0 aromatic carbocycles. The topological polar surface area (TPSA) is 135 Å². The number of nitrogens with zero attached hydrogens (tertiary/aromatic N) is 8. The Balaban J connectivity index is 1.56. The lowest BCUT2D eigenvalue weighted by Crippen LogP contribution is -2.64. The highest BCUT2D eigenvalue weighted by Gasteiger charge is 2.49. The fourth-order valence-corrected chi connectivity index (χ4v) is 4.62. The number of nitrogens with one attached hydrogen (secondary N) is 1. The van der Waals surface area contributed by atoms with Gasteiger partial charge in [-0.2, -0.15) is 19.8 Å². The van der Waals surface area contributed by atoms with Crippen molar-refractivity contribution >= 4 is 21.7 Å². The van der Waals surface area contributed by atoms with Gasteiger partial charge in [0.25, 0.3) is 0 Å². The molecule has 1 fully saturated rings. The van der Waals surface area contributed by atoms with Crippen LogP contribution in [-0.4, -0.2) is 61.1 Å². The molecule has 0 radical (unpaired) electrons.